The first-order valence-corrected chi connectivity index (χ1v) is 9.03. The van der Waals surface area contributed by atoms with Crippen LogP contribution in [-0.2, 0) is 0 Å². The van der Waals surface area contributed by atoms with Crippen LogP contribution >= 0.6 is 0 Å². The van der Waals surface area contributed by atoms with E-state index < -0.39 is 0 Å². The maximum atomic E-state index is 6.10. The molecule has 0 atom stereocenters. The Morgan fingerprint density at radius 1 is 1.00 bits per heavy atom. The van der Waals surface area contributed by atoms with Gasteiger partial charge < -0.3 is 15.0 Å². The van der Waals surface area contributed by atoms with Crippen molar-refractivity contribution in [3.8, 4) is 5.75 Å². The summed E-state index contributed by atoms with van der Waals surface area (Å²) in [6.07, 6.45) is 7.09. The van der Waals surface area contributed by atoms with Crippen LogP contribution in [0.25, 0.3) is 0 Å². The van der Waals surface area contributed by atoms with E-state index in [1.54, 1.807) is 0 Å². The summed E-state index contributed by atoms with van der Waals surface area (Å²) in [5.74, 6) is 0.982. The second kappa shape index (κ2) is 9.53. The van der Waals surface area contributed by atoms with Crippen molar-refractivity contribution >= 4 is 5.69 Å². The molecule has 132 valence electrons. The Kier molecular flexibility index (Phi) is 7.38. The van der Waals surface area contributed by atoms with Gasteiger partial charge >= 0.3 is 0 Å². The van der Waals surface area contributed by atoms with Gasteiger partial charge in [-0.05, 0) is 77.9 Å². The molecule has 3 heteroatoms. The molecular formula is C21H32N2O. The molecule has 1 saturated heterocycles. The Hall–Kier alpha value is -1.74. The third-order valence-corrected chi connectivity index (χ3v) is 4.23. The molecule has 0 bridgehead atoms. The Balaban J connectivity index is 2.02. The van der Waals surface area contributed by atoms with Gasteiger partial charge in [-0.2, -0.15) is 0 Å². The van der Waals surface area contributed by atoms with E-state index in [0.717, 1.165) is 44.8 Å². The standard InChI is InChI=1S/C21H32N2O/c1-17(2)11-15-23(16-12-18(3)4)19-5-7-20(8-6-19)24-21-9-13-22-14-10-21/h5-8,11-12,21-22H,9-10,13-16H2,1-4H3. The third-order valence-electron chi connectivity index (χ3n) is 4.23. The fraction of sp³-hybridized carbons (Fsp3) is 0.524. The molecule has 0 aliphatic carbocycles. The summed E-state index contributed by atoms with van der Waals surface area (Å²) >= 11 is 0. The van der Waals surface area contributed by atoms with Crippen LogP contribution in [0.3, 0.4) is 0 Å². The lowest BCUT2D eigenvalue weighted by molar-refractivity contribution is 0.162. The van der Waals surface area contributed by atoms with Crippen LogP contribution in [0, 0.1) is 0 Å². The molecule has 1 heterocycles. The molecule has 0 spiro atoms. The summed E-state index contributed by atoms with van der Waals surface area (Å²) in [6.45, 7) is 12.6. The normalized spacial score (nSPS) is 14.8. The number of anilines is 1. The molecule has 1 aliphatic heterocycles. The van der Waals surface area contributed by atoms with Crippen LogP contribution in [0.2, 0.25) is 0 Å². The van der Waals surface area contributed by atoms with Gasteiger partial charge in [0.25, 0.3) is 0 Å². The zero-order valence-corrected chi connectivity index (χ0v) is 15.6. The first kappa shape index (κ1) is 18.6. The molecule has 1 fully saturated rings. The van der Waals surface area contributed by atoms with Crippen LogP contribution in [0.15, 0.2) is 47.6 Å². The van der Waals surface area contributed by atoms with E-state index in [0.29, 0.717) is 6.10 Å². The number of benzene rings is 1. The maximum Gasteiger partial charge on any atom is 0.119 e. The van der Waals surface area contributed by atoms with Crippen LogP contribution in [0.4, 0.5) is 5.69 Å². The first-order valence-electron chi connectivity index (χ1n) is 9.03. The van der Waals surface area contributed by atoms with Crippen molar-refractivity contribution in [3.05, 3.63) is 47.6 Å². The zero-order valence-electron chi connectivity index (χ0n) is 15.6. The van der Waals surface area contributed by atoms with E-state index in [4.69, 9.17) is 4.74 Å². The minimum atomic E-state index is 0.351. The summed E-state index contributed by atoms with van der Waals surface area (Å²) in [7, 11) is 0. The molecule has 1 N–H and O–H groups in total. The highest BCUT2D eigenvalue weighted by Gasteiger charge is 2.14. The summed E-state index contributed by atoms with van der Waals surface area (Å²) in [5, 5.41) is 3.37. The Labute approximate surface area is 147 Å². The van der Waals surface area contributed by atoms with Crippen LogP contribution < -0.4 is 15.0 Å². The number of piperidine rings is 1. The molecule has 0 aromatic heterocycles. The molecule has 0 unspecified atom stereocenters. The van der Waals surface area contributed by atoms with Gasteiger partial charge in [-0.1, -0.05) is 23.3 Å². The Bertz CT molecular complexity index is 526. The van der Waals surface area contributed by atoms with Crippen LogP contribution in [-0.4, -0.2) is 32.3 Å². The average molecular weight is 329 g/mol. The molecule has 1 aromatic carbocycles. The lowest BCUT2D eigenvalue weighted by Crippen LogP contribution is -2.34. The fourth-order valence-corrected chi connectivity index (χ4v) is 2.71. The van der Waals surface area contributed by atoms with E-state index in [1.165, 1.54) is 16.8 Å². The quantitative estimate of drug-likeness (QED) is 0.743. The predicted octanol–water partition coefficient (Wildman–Crippen LogP) is 4.56. The number of ether oxygens (including phenoxy) is 1. The topological polar surface area (TPSA) is 24.5 Å². The van der Waals surface area contributed by atoms with Gasteiger partial charge in [0.2, 0.25) is 0 Å². The predicted molar refractivity (Wildman–Crippen MR) is 104 cm³/mol. The van der Waals surface area contributed by atoms with Crippen molar-refractivity contribution in [2.45, 2.75) is 46.6 Å². The van der Waals surface area contributed by atoms with Crippen molar-refractivity contribution < 1.29 is 4.74 Å². The van der Waals surface area contributed by atoms with Crippen LogP contribution in [0.5, 0.6) is 5.75 Å². The number of allylic oxidation sites excluding steroid dienone is 2. The van der Waals surface area contributed by atoms with E-state index in [2.05, 4.69) is 74.3 Å². The lowest BCUT2D eigenvalue weighted by Gasteiger charge is -2.25. The largest absolute Gasteiger partial charge is 0.490 e. The molecular weight excluding hydrogens is 296 g/mol. The Morgan fingerprint density at radius 3 is 2.04 bits per heavy atom. The number of hydrogen-bond donors (Lipinski definition) is 1. The van der Waals surface area contributed by atoms with Gasteiger partial charge in [0, 0.05) is 18.8 Å². The van der Waals surface area contributed by atoms with Gasteiger partial charge in [0.05, 0.1) is 0 Å². The van der Waals surface area contributed by atoms with Crippen LogP contribution in [0.1, 0.15) is 40.5 Å². The average Bonchev–Trinajstić information content (AvgIpc) is 2.56. The zero-order chi connectivity index (χ0) is 17.4. The molecule has 0 saturated carbocycles. The number of nitrogens with one attached hydrogen (secondary N) is 1. The molecule has 0 radical (unpaired) electrons. The lowest BCUT2D eigenvalue weighted by atomic mass is 10.1. The molecule has 2 rings (SSSR count). The molecule has 1 aliphatic rings. The SMILES string of the molecule is CC(C)=CCN(CC=C(C)C)c1ccc(OC2CCNCC2)cc1. The Morgan fingerprint density at radius 2 is 1.54 bits per heavy atom. The smallest absolute Gasteiger partial charge is 0.119 e. The molecule has 3 nitrogen and oxygen atoms in total. The maximum absolute atomic E-state index is 6.10. The number of rotatable bonds is 7. The van der Waals surface area contributed by atoms with Gasteiger partial charge in [0.15, 0.2) is 0 Å². The number of hydrogen-bond acceptors (Lipinski definition) is 3. The van der Waals surface area contributed by atoms with E-state index in [-0.39, 0.29) is 0 Å². The molecule has 0 amide bonds. The highest BCUT2D eigenvalue weighted by molar-refractivity contribution is 5.50. The summed E-state index contributed by atoms with van der Waals surface area (Å²) < 4.78 is 6.10. The van der Waals surface area contributed by atoms with E-state index in [1.807, 2.05) is 0 Å². The minimum Gasteiger partial charge on any atom is -0.490 e. The third kappa shape index (κ3) is 6.40. The summed E-state index contributed by atoms with van der Waals surface area (Å²) in [5.41, 5.74) is 3.94. The molecule has 1 aromatic rings. The monoisotopic (exact) mass is 328 g/mol. The second-order valence-corrected chi connectivity index (χ2v) is 7.03. The number of nitrogens with zero attached hydrogens (tertiary/aromatic N) is 1. The van der Waals surface area contributed by atoms with E-state index in [9.17, 15) is 0 Å². The fourth-order valence-electron chi connectivity index (χ4n) is 2.71. The van der Waals surface area contributed by atoms with Crippen molar-refractivity contribution in [1.29, 1.82) is 0 Å². The summed E-state index contributed by atoms with van der Waals surface area (Å²) in [4.78, 5) is 2.38. The van der Waals surface area contributed by atoms with E-state index >= 15 is 0 Å². The van der Waals surface area contributed by atoms with Gasteiger partial charge in [0.1, 0.15) is 11.9 Å². The van der Waals surface area contributed by atoms with Crippen molar-refractivity contribution in [2.75, 3.05) is 31.1 Å². The second-order valence-electron chi connectivity index (χ2n) is 7.03. The van der Waals surface area contributed by atoms with Crippen molar-refractivity contribution in [2.24, 2.45) is 0 Å². The summed E-state index contributed by atoms with van der Waals surface area (Å²) in [6, 6.07) is 8.56. The van der Waals surface area contributed by atoms with Gasteiger partial charge in [-0.15, -0.1) is 0 Å². The van der Waals surface area contributed by atoms with Gasteiger partial charge in [-0.3, -0.25) is 0 Å². The van der Waals surface area contributed by atoms with Crippen molar-refractivity contribution in [1.82, 2.24) is 5.32 Å². The minimum absolute atomic E-state index is 0.351. The highest BCUT2D eigenvalue weighted by atomic mass is 16.5. The highest BCUT2D eigenvalue weighted by Crippen LogP contribution is 2.22. The van der Waals surface area contributed by atoms with Crippen molar-refractivity contribution in [3.63, 3.8) is 0 Å². The molecule has 24 heavy (non-hydrogen) atoms. The van der Waals surface area contributed by atoms with Gasteiger partial charge in [-0.25, -0.2) is 0 Å². The first-order chi connectivity index (χ1) is 11.5.